The van der Waals surface area contributed by atoms with Gasteiger partial charge >= 0.3 is 0 Å². The fraction of sp³-hybridized carbons (Fsp3) is 0.529. The third-order valence-electron chi connectivity index (χ3n) is 4.36. The van der Waals surface area contributed by atoms with Gasteiger partial charge in [0.25, 0.3) is 0 Å². The van der Waals surface area contributed by atoms with Gasteiger partial charge in [0.2, 0.25) is 0 Å². The number of hydrogen-bond acceptors (Lipinski definition) is 3. The van der Waals surface area contributed by atoms with Crippen LogP contribution in [0.1, 0.15) is 31.7 Å². The number of hydrogen-bond donors (Lipinski definition) is 0. The highest BCUT2D eigenvalue weighted by Gasteiger charge is 2.33. The first-order valence-electron chi connectivity index (χ1n) is 8.02. The molecule has 1 aliphatic rings. The first kappa shape index (κ1) is 16.7. The molecule has 1 saturated heterocycles. The summed E-state index contributed by atoms with van der Waals surface area (Å²) in [5.74, 6) is 0.404. The van der Waals surface area contributed by atoms with Gasteiger partial charge in [0.15, 0.2) is 0 Å². The van der Waals surface area contributed by atoms with Crippen molar-refractivity contribution in [3.63, 3.8) is 0 Å². The minimum Gasteiger partial charge on any atom is -0.375 e. The van der Waals surface area contributed by atoms with Crippen LogP contribution in [0, 0.1) is 0 Å². The molecular formula is C17H24ClN3OSi. The monoisotopic (exact) mass is 349 g/mol. The standard InChI is InChI=1S/C17H24ClN3OSi/c1-17(2)9-13(11-22-17)12-6-7-14(18)15(8-12)21-10-16(19-20-21)23(3,4)5/h6-8,10,13H,9,11H2,1-5H3/t13-/m1/s1. The molecular weight excluding hydrogens is 326 g/mol. The molecule has 0 radical (unpaired) electrons. The molecule has 1 fully saturated rings. The summed E-state index contributed by atoms with van der Waals surface area (Å²) in [7, 11) is -1.48. The van der Waals surface area contributed by atoms with Gasteiger partial charge in [-0.25, -0.2) is 4.68 Å². The summed E-state index contributed by atoms with van der Waals surface area (Å²) < 4.78 is 7.68. The molecule has 4 nitrogen and oxygen atoms in total. The van der Waals surface area contributed by atoms with Gasteiger partial charge in [-0.3, -0.25) is 0 Å². The van der Waals surface area contributed by atoms with E-state index in [1.807, 2.05) is 12.3 Å². The van der Waals surface area contributed by atoms with E-state index in [4.69, 9.17) is 16.3 Å². The van der Waals surface area contributed by atoms with E-state index in [1.165, 1.54) is 5.56 Å². The molecule has 1 aromatic heterocycles. The fourth-order valence-corrected chi connectivity index (χ4v) is 3.99. The molecule has 0 aliphatic carbocycles. The van der Waals surface area contributed by atoms with Crippen molar-refractivity contribution in [1.29, 1.82) is 0 Å². The van der Waals surface area contributed by atoms with Crippen LogP contribution in [0.2, 0.25) is 24.7 Å². The number of aromatic nitrogens is 3. The maximum Gasteiger partial charge on any atom is 0.106 e. The summed E-state index contributed by atoms with van der Waals surface area (Å²) in [6.07, 6.45) is 3.04. The van der Waals surface area contributed by atoms with E-state index in [0.29, 0.717) is 10.9 Å². The van der Waals surface area contributed by atoms with Gasteiger partial charge in [-0.15, -0.1) is 5.10 Å². The Kier molecular flexibility index (Phi) is 4.15. The Balaban J connectivity index is 1.94. The van der Waals surface area contributed by atoms with E-state index >= 15 is 0 Å². The van der Waals surface area contributed by atoms with Gasteiger partial charge in [0.05, 0.1) is 28.2 Å². The molecule has 0 saturated carbocycles. The lowest BCUT2D eigenvalue weighted by Gasteiger charge is -2.16. The smallest absolute Gasteiger partial charge is 0.106 e. The first-order chi connectivity index (χ1) is 10.7. The summed E-state index contributed by atoms with van der Waals surface area (Å²) in [6, 6.07) is 6.17. The van der Waals surface area contributed by atoms with Crippen molar-refractivity contribution in [2.75, 3.05) is 6.61 Å². The van der Waals surface area contributed by atoms with E-state index in [9.17, 15) is 0 Å². The van der Waals surface area contributed by atoms with Crippen molar-refractivity contribution in [1.82, 2.24) is 15.0 Å². The number of rotatable bonds is 3. The maximum atomic E-state index is 6.41. The summed E-state index contributed by atoms with van der Waals surface area (Å²) in [5.41, 5.74) is 2.09. The van der Waals surface area contributed by atoms with Crippen LogP contribution in [-0.4, -0.2) is 35.3 Å². The van der Waals surface area contributed by atoms with Gasteiger partial charge < -0.3 is 4.74 Å². The molecule has 23 heavy (non-hydrogen) atoms. The fourth-order valence-electron chi connectivity index (χ4n) is 2.94. The summed E-state index contributed by atoms with van der Waals surface area (Å²) in [5, 5.41) is 10.4. The molecule has 1 aliphatic heterocycles. The van der Waals surface area contributed by atoms with E-state index in [1.54, 1.807) is 4.68 Å². The Morgan fingerprint density at radius 1 is 1.30 bits per heavy atom. The van der Waals surface area contributed by atoms with Crippen LogP contribution >= 0.6 is 11.6 Å². The van der Waals surface area contributed by atoms with Crippen molar-refractivity contribution in [2.24, 2.45) is 0 Å². The van der Waals surface area contributed by atoms with E-state index in [2.05, 4.69) is 55.9 Å². The number of benzene rings is 1. The molecule has 0 spiro atoms. The molecule has 2 aromatic rings. The van der Waals surface area contributed by atoms with Crippen LogP contribution in [0.3, 0.4) is 0 Å². The largest absolute Gasteiger partial charge is 0.375 e. The summed E-state index contributed by atoms with van der Waals surface area (Å²) in [4.78, 5) is 0. The third kappa shape index (κ3) is 3.52. The lowest BCUT2D eigenvalue weighted by Crippen LogP contribution is -2.38. The predicted molar refractivity (Wildman–Crippen MR) is 96.7 cm³/mol. The highest BCUT2D eigenvalue weighted by atomic mass is 35.5. The molecule has 0 bridgehead atoms. The third-order valence-corrected chi connectivity index (χ3v) is 6.45. The average molecular weight is 350 g/mol. The molecule has 0 amide bonds. The number of nitrogens with zero attached hydrogens (tertiary/aromatic N) is 3. The van der Waals surface area contributed by atoms with Crippen LogP contribution in [-0.2, 0) is 4.74 Å². The lowest BCUT2D eigenvalue weighted by molar-refractivity contribution is 0.0361. The van der Waals surface area contributed by atoms with Gasteiger partial charge in [-0.05, 0) is 38.0 Å². The van der Waals surface area contributed by atoms with Gasteiger partial charge in [-0.1, -0.05) is 42.5 Å². The quantitative estimate of drug-likeness (QED) is 0.792. The summed E-state index contributed by atoms with van der Waals surface area (Å²) in [6.45, 7) is 11.8. The molecule has 0 unspecified atom stereocenters. The van der Waals surface area contributed by atoms with Crippen molar-refractivity contribution in [2.45, 2.75) is 51.4 Å². The topological polar surface area (TPSA) is 39.9 Å². The Hall–Kier alpha value is -1.17. The lowest BCUT2D eigenvalue weighted by atomic mass is 9.91. The number of halogens is 1. The Labute approximate surface area is 143 Å². The van der Waals surface area contributed by atoms with E-state index < -0.39 is 8.07 Å². The van der Waals surface area contributed by atoms with Gasteiger partial charge in [0.1, 0.15) is 8.07 Å². The minimum atomic E-state index is -1.48. The molecule has 124 valence electrons. The van der Waals surface area contributed by atoms with Crippen LogP contribution < -0.4 is 5.32 Å². The predicted octanol–water partition coefficient (Wildman–Crippen LogP) is 3.75. The SMILES string of the molecule is CC1(C)C[C@@H](c2ccc(Cl)c(-n3cc([Si](C)(C)C)nn3)c2)CO1. The second-order valence-corrected chi connectivity index (χ2v) is 13.4. The van der Waals surface area contributed by atoms with E-state index in [0.717, 1.165) is 24.0 Å². The van der Waals surface area contributed by atoms with Crippen molar-refractivity contribution < 1.29 is 4.74 Å². The van der Waals surface area contributed by atoms with Gasteiger partial charge in [-0.2, -0.15) is 0 Å². The Bertz CT molecular complexity index is 721. The summed E-state index contributed by atoms with van der Waals surface area (Å²) >= 11 is 6.41. The Morgan fingerprint density at radius 2 is 2.04 bits per heavy atom. The minimum absolute atomic E-state index is 0.0529. The van der Waals surface area contributed by atoms with Crippen molar-refractivity contribution in [3.05, 3.63) is 35.0 Å². The van der Waals surface area contributed by atoms with Crippen molar-refractivity contribution in [3.8, 4) is 5.69 Å². The van der Waals surface area contributed by atoms with Crippen LogP contribution in [0.4, 0.5) is 0 Å². The molecule has 3 rings (SSSR count). The molecule has 2 heterocycles. The zero-order chi connectivity index (χ0) is 16.8. The zero-order valence-corrected chi connectivity index (χ0v) is 16.2. The second kappa shape index (κ2) is 5.72. The van der Waals surface area contributed by atoms with Crippen molar-refractivity contribution >= 4 is 25.0 Å². The molecule has 1 aromatic carbocycles. The molecule has 1 atom stereocenters. The highest BCUT2D eigenvalue weighted by molar-refractivity contribution is 6.88. The Morgan fingerprint density at radius 3 is 2.61 bits per heavy atom. The van der Waals surface area contributed by atoms with Gasteiger partial charge in [0, 0.05) is 12.1 Å². The average Bonchev–Trinajstić information content (AvgIpc) is 3.05. The van der Waals surface area contributed by atoms with E-state index in [-0.39, 0.29) is 5.60 Å². The first-order valence-corrected chi connectivity index (χ1v) is 11.9. The number of ether oxygens (including phenoxy) is 1. The second-order valence-electron chi connectivity index (χ2n) is 7.98. The highest BCUT2D eigenvalue weighted by Crippen LogP contribution is 2.37. The van der Waals surface area contributed by atoms with Crippen LogP contribution in [0.15, 0.2) is 24.4 Å². The van der Waals surface area contributed by atoms with Crippen LogP contribution in [0.5, 0.6) is 0 Å². The van der Waals surface area contributed by atoms with Crippen LogP contribution in [0.25, 0.3) is 5.69 Å². The molecule has 0 N–H and O–H groups in total. The normalized spacial score (nSPS) is 20.9. The zero-order valence-electron chi connectivity index (χ0n) is 14.4. The molecule has 6 heteroatoms. The maximum absolute atomic E-state index is 6.41.